The van der Waals surface area contributed by atoms with Crippen molar-refractivity contribution in [2.24, 2.45) is 0 Å². The highest BCUT2D eigenvalue weighted by Crippen LogP contribution is 2.42. The molecule has 5 aromatic rings. The molecular weight excluding hydrogens is 690 g/mol. The van der Waals surface area contributed by atoms with Crippen LogP contribution in [0.15, 0.2) is 48.5 Å². The molecular formula is C36H39Cl2FN4O5S. The van der Waals surface area contributed by atoms with E-state index in [-0.39, 0.29) is 36.6 Å². The van der Waals surface area contributed by atoms with Gasteiger partial charge in [-0.05, 0) is 86.7 Å². The summed E-state index contributed by atoms with van der Waals surface area (Å²) in [6, 6.07) is 13.7. The molecule has 3 aromatic carbocycles. The van der Waals surface area contributed by atoms with Crippen molar-refractivity contribution in [2.75, 3.05) is 24.8 Å². The highest BCUT2D eigenvalue weighted by atomic mass is 35.5. The maximum atomic E-state index is 13.8. The van der Waals surface area contributed by atoms with E-state index >= 15 is 0 Å². The number of rotatable bonds is 16. The average Bonchev–Trinajstić information content (AvgIpc) is 3.74. The van der Waals surface area contributed by atoms with Crippen LogP contribution in [0.25, 0.3) is 32.8 Å². The third-order valence-electron chi connectivity index (χ3n) is 8.80. The number of H-pyrrole nitrogens is 2. The number of aryl methyl sites for hydroxylation is 2. The molecule has 0 amide bonds. The van der Waals surface area contributed by atoms with Crippen LogP contribution in [0.1, 0.15) is 67.0 Å². The molecule has 0 bridgehead atoms. The maximum absolute atomic E-state index is 13.8. The quantitative estimate of drug-likeness (QED) is 0.0601. The van der Waals surface area contributed by atoms with E-state index in [0.29, 0.717) is 65.5 Å². The number of aromatic nitrogens is 3. The van der Waals surface area contributed by atoms with Crippen LogP contribution >= 0.6 is 23.2 Å². The SMILES string of the molecule is CCOC(=O)c1[nH]c2c(-c3c(CC)n[nH]c3CN(C3CC3)S(=O)(=O)CCCCl)c(Cl)ccc2c1CCCOc1cccc2cc(F)ccc12. The molecule has 13 heteroatoms. The zero-order valence-corrected chi connectivity index (χ0v) is 29.8. The lowest BCUT2D eigenvalue weighted by molar-refractivity contribution is 0.0519. The number of carbonyl (C=O) groups excluding carboxylic acids is 1. The molecule has 6 rings (SSSR count). The first-order valence-corrected chi connectivity index (χ1v) is 19.1. The highest BCUT2D eigenvalue weighted by Gasteiger charge is 2.38. The van der Waals surface area contributed by atoms with Gasteiger partial charge in [-0.2, -0.15) is 9.40 Å². The molecule has 9 nitrogen and oxygen atoms in total. The number of carbonyl (C=O) groups is 1. The summed E-state index contributed by atoms with van der Waals surface area (Å²) < 4.78 is 53.7. The molecule has 0 saturated heterocycles. The number of nitrogens with zero attached hydrogens (tertiary/aromatic N) is 2. The maximum Gasteiger partial charge on any atom is 0.355 e. The van der Waals surface area contributed by atoms with Gasteiger partial charge >= 0.3 is 5.97 Å². The first-order chi connectivity index (χ1) is 23.7. The zero-order valence-electron chi connectivity index (χ0n) is 27.5. The Hall–Kier alpha value is -3.64. The lowest BCUT2D eigenvalue weighted by Gasteiger charge is -2.22. The van der Waals surface area contributed by atoms with Crippen LogP contribution in [0.3, 0.4) is 0 Å². The van der Waals surface area contributed by atoms with Crippen molar-refractivity contribution in [3.05, 3.63) is 82.0 Å². The molecule has 2 aromatic heterocycles. The molecule has 0 radical (unpaired) electrons. The summed E-state index contributed by atoms with van der Waals surface area (Å²) >= 11 is 12.8. The minimum Gasteiger partial charge on any atom is -0.493 e. The molecule has 2 N–H and O–H groups in total. The Morgan fingerprint density at radius 1 is 1.08 bits per heavy atom. The zero-order chi connectivity index (χ0) is 34.7. The van der Waals surface area contributed by atoms with Crippen LogP contribution < -0.4 is 4.74 Å². The first-order valence-electron chi connectivity index (χ1n) is 16.6. The van der Waals surface area contributed by atoms with Gasteiger partial charge in [-0.25, -0.2) is 17.6 Å². The van der Waals surface area contributed by atoms with Gasteiger partial charge in [-0.15, -0.1) is 11.6 Å². The van der Waals surface area contributed by atoms with E-state index in [1.54, 1.807) is 23.4 Å². The molecule has 1 saturated carbocycles. The molecule has 0 unspecified atom stereocenters. The standard InChI is InChI=1S/C36H39Cl2FN4O5S/c1-3-29-33(30(42-41-29)21-43(24-12-13-24)49(45,46)19-7-17-37)32-28(38)16-15-27-26(35(40-34(27)32)36(44)47-4-2)9-6-18-48-31-10-5-8-22-20-23(39)11-14-25(22)31/h5,8,10-11,14-16,20,24,40H,3-4,6-7,9,12-13,17-19,21H2,1-2H3,(H,41,42). The lowest BCUT2D eigenvalue weighted by atomic mass is 9.97. The van der Waals surface area contributed by atoms with Gasteiger partial charge in [-0.3, -0.25) is 5.10 Å². The molecule has 0 aliphatic heterocycles. The number of ether oxygens (including phenoxy) is 2. The fraction of sp³-hybridized carbons (Fsp3) is 0.389. The average molecular weight is 730 g/mol. The van der Waals surface area contributed by atoms with E-state index in [2.05, 4.69) is 15.2 Å². The Morgan fingerprint density at radius 2 is 1.88 bits per heavy atom. The van der Waals surface area contributed by atoms with E-state index in [1.807, 2.05) is 31.2 Å². The van der Waals surface area contributed by atoms with Crippen molar-refractivity contribution in [1.82, 2.24) is 19.5 Å². The summed E-state index contributed by atoms with van der Waals surface area (Å²) in [5.74, 6) is 0.0935. The van der Waals surface area contributed by atoms with Crippen molar-refractivity contribution < 1.29 is 27.1 Å². The molecule has 1 aliphatic carbocycles. The summed E-state index contributed by atoms with van der Waals surface area (Å²) in [7, 11) is -3.57. The summed E-state index contributed by atoms with van der Waals surface area (Å²) in [6.07, 6.45) is 3.59. The Bertz CT molecular complexity index is 2090. The Morgan fingerprint density at radius 3 is 2.61 bits per heavy atom. The number of hydrogen-bond acceptors (Lipinski definition) is 6. The van der Waals surface area contributed by atoms with E-state index in [9.17, 15) is 17.6 Å². The van der Waals surface area contributed by atoms with E-state index in [0.717, 1.165) is 45.8 Å². The summed E-state index contributed by atoms with van der Waals surface area (Å²) in [5.41, 5.74) is 4.46. The van der Waals surface area contributed by atoms with Crippen molar-refractivity contribution >= 4 is 60.9 Å². The van der Waals surface area contributed by atoms with Crippen LogP contribution in [0.2, 0.25) is 5.02 Å². The predicted molar refractivity (Wildman–Crippen MR) is 192 cm³/mol. The van der Waals surface area contributed by atoms with Crippen molar-refractivity contribution in [3.8, 4) is 16.9 Å². The van der Waals surface area contributed by atoms with Gasteiger partial charge < -0.3 is 14.5 Å². The van der Waals surface area contributed by atoms with Crippen LogP contribution in [-0.4, -0.2) is 64.8 Å². The van der Waals surface area contributed by atoms with Crippen molar-refractivity contribution in [2.45, 2.75) is 65.0 Å². The van der Waals surface area contributed by atoms with Crippen LogP contribution in [-0.2, 0) is 34.1 Å². The summed E-state index contributed by atoms with van der Waals surface area (Å²) in [4.78, 5) is 16.6. The number of sulfonamides is 1. The second-order valence-corrected chi connectivity index (χ2v) is 15.0. The number of alkyl halides is 1. The van der Waals surface area contributed by atoms with Gasteiger partial charge in [0.2, 0.25) is 10.0 Å². The minimum atomic E-state index is -3.57. The van der Waals surface area contributed by atoms with Crippen molar-refractivity contribution in [1.29, 1.82) is 0 Å². The van der Waals surface area contributed by atoms with E-state index in [1.165, 1.54) is 12.1 Å². The first kappa shape index (κ1) is 35.2. The fourth-order valence-corrected chi connectivity index (χ4v) is 8.65. The van der Waals surface area contributed by atoms with Gasteiger partial charge in [0.05, 0.1) is 47.4 Å². The van der Waals surface area contributed by atoms with Crippen LogP contribution in [0, 0.1) is 5.82 Å². The number of benzene rings is 3. The number of fused-ring (bicyclic) bond motifs is 2. The molecule has 1 aliphatic rings. The number of nitrogens with one attached hydrogen (secondary N) is 2. The topological polar surface area (TPSA) is 117 Å². The number of aromatic amines is 2. The summed E-state index contributed by atoms with van der Waals surface area (Å²) in [5, 5.41) is 10.5. The highest BCUT2D eigenvalue weighted by molar-refractivity contribution is 7.89. The molecule has 0 spiro atoms. The molecule has 0 atom stereocenters. The van der Waals surface area contributed by atoms with Gasteiger partial charge in [0.25, 0.3) is 0 Å². The second-order valence-electron chi connectivity index (χ2n) is 12.1. The number of hydrogen-bond donors (Lipinski definition) is 2. The molecule has 2 heterocycles. The Balaban J connectivity index is 1.35. The molecule has 49 heavy (non-hydrogen) atoms. The van der Waals surface area contributed by atoms with Crippen LogP contribution in [0.4, 0.5) is 4.39 Å². The monoisotopic (exact) mass is 728 g/mol. The van der Waals surface area contributed by atoms with Crippen LogP contribution in [0.5, 0.6) is 5.75 Å². The predicted octanol–water partition coefficient (Wildman–Crippen LogP) is 8.18. The minimum absolute atomic E-state index is 0.0287. The summed E-state index contributed by atoms with van der Waals surface area (Å²) in [6.45, 7) is 4.40. The number of halogens is 3. The molecule has 260 valence electrons. The van der Waals surface area contributed by atoms with E-state index < -0.39 is 16.0 Å². The molecule has 1 fully saturated rings. The van der Waals surface area contributed by atoms with Gasteiger partial charge in [-0.1, -0.05) is 36.7 Å². The smallest absolute Gasteiger partial charge is 0.355 e. The van der Waals surface area contributed by atoms with Crippen molar-refractivity contribution in [3.63, 3.8) is 0 Å². The van der Waals surface area contributed by atoms with Gasteiger partial charge in [0.1, 0.15) is 17.3 Å². The second kappa shape index (κ2) is 15.1. The van der Waals surface area contributed by atoms with E-state index in [4.69, 9.17) is 32.7 Å². The Labute approximate surface area is 295 Å². The van der Waals surface area contributed by atoms with Gasteiger partial charge in [0, 0.05) is 33.8 Å². The lowest BCUT2D eigenvalue weighted by Crippen LogP contribution is -2.35. The van der Waals surface area contributed by atoms with Gasteiger partial charge in [0.15, 0.2) is 0 Å². The largest absolute Gasteiger partial charge is 0.493 e. The normalized spacial score (nSPS) is 13.5. The Kier molecular flexibility index (Phi) is 10.8. The third-order valence-corrected chi connectivity index (χ3v) is 11.3. The fourth-order valence-electron chi connectivity index (χ4n) is 6.37. The third kappa shape index (κ3) is 7.45. The number of esters is 1.